The van der Waals surface area contributed by atoms with Gasteiger partial charge < -0.3 is 15.5 Å². The summed E-state index contributed by atoms with van der Waals surface area (Å²) in [4.78, 5) is 17.6. The minimum atomic E-state index is -3.14. The second-order valence-corrected chi connectivity index (χ2v) is 9.36. The Labute approximate surface area is 202 Å². The molecule has 0 fully saturated rings. The van der Waals surface area contributed by atoms with Gasteiger partial charge in [0.1, 0.15) is 0 Å². The van der Waals surface area contributed by atoms with E-state index in [1.54, 1.807) is 38.2 Å². The van der Waals surface area contributed by atoms with Crippen LogP contribution in [0.2, 0.25) is 0 Å². The molecule has 0 bridgehead atoms. The molecular weight excluding hydrogens is 527 g/mol. The van der Waals surface area contributed by atoms with Gasteiger partial charge in [0, 0.05) is 39.8 Å². The number of hydrogen-bond acceptors (Lipinski definition) is 4. The molecule has 0 aromatic heterocycles. The summed E-state index contributed by atoms with van der Waals surface area (Å²) in [6, 6.07) is 16.6. The highest BCUT2D eigenvalue weighted by Gasteiger charge is 2.12. The van der Waals surface area contributed by atoms with Gasteiger partial charge in [-0.3, -0.25) is 9.79 Å². The molecule has 0 aliphatic carbocycles. The summed E-state index contributed by atoms with van der Waals surface area (Å²) in [6.07, 6.45) is 0.497. The van der Waals surface area contributed by atoms with E-state index in [9.17, 15) is 13.2 Å². The van der Waals surface area contributed by atoms with Crippen LogP contribution in [0.1, 0.15) is 27.9 Å². The largest absolute Gasteiger partial charge is 0.356 e. The van der Waals surface area contributed by atoms with Crippen LogP contribution >= 0.6 is 24.0 Å². The minimum absolute atomic E-state index is 0. The van der Waals surface area contributed by atoms with E-state index in [0.29, 0.717) is 31.0 Å². The zero-order valence-electron chi connectivity index (χ0n) is 18.2. The van der Waals surface area contributed by atoms with Crippen molar-refractivity contribution in [1.82, 2.24) is 15.5 Å². The molecule has 31 heavy (non-hydrogen) atoms. The Morgan fingerprint density at radius 2 is 1.61 bits per heavy atom. The van der Waals surface area contributed by atoms with Gasteiger partial charge >= 0.3 is 0 Å². The lowest BCUT2D eigenvalue weighted by Crippen LogP contribution is -2.37. The molecule has 0 radical (unpaired) electrons. The number of guanidine groups is 1. The van der Waals surface area contributed by atoms with E-state index >= 15 is 0 Å². The van der Waals surface area contributed by atoms with Crippen LogP contribution in [0.25, 0.3) is 0 Å². The Morgan fingerprint density at radius 1 is 0.968 bits per heavy atom. The molecule has 2 N–H and O–H groups in total. The van der Waals surface area contributed by atoms with E-state index in [-0.39, 0.29) is 41.4 Å². The SMILES string of the molecule is CN=C(NCCCS(=O)(=O)Cc1ccccc1)NCc1ccc(C(=O)N(C)C)cc1.I. The van der Waals surface area contributed by atoms with Gasteiger partial charge in [0.05, 0.1) is 11.5 Å². The van der Waals surface area contributed by atoms with E-state index in [1.807, 2.05) is 42.5 Å². The molecule has 170 valence electrons. The molecule has 0 saturated carbocycles. The van der Waals surface area contributed by atoms with Crippen LogP contribution in [-0.2, 0) is 22.1 Å². The molecule has 0 aliphatic heterocycles. The van der Waals surface area contributed by atoms with Gasteiger partial charge in [0.15, 0.2) is 15.8 Å². The molecule has 9 heteroatoms. The number of hydrogen-bond donors (Lipinski definition) is 2. The summed E-state index contributed by atoms with van der Waals surface area (Å²) >= 11 is 0. The fourth-order valence-corrected chi connectivity index (χ4v) is 4.26. The van der Waals surface area contributed by atoms with Gasteiger partial charge in [-0.05, 0) is 29.7 Å². The number of halogens is 1. The van der Waals surface area contributed by atoms with Gasteiger partial charge in [0.2, 0.25) is 0 Å². The lowest BCUT2D eigenvalue weighted by molar-refractivity contribution is 0.0827. The number of aliphatic imine (C=N–C) groups is 1. The molecule has 2 aromatic rings. The van der Waals surface area contributed by atoms with Crippen molar-refractivity contribution in [2.24, 2.45) is 4.99 Å². The van der Waals surface area contributed by atoms with Crippen molar-refractivity contribution < 1.29 is 13.2 Å². The zero-order chi connectivity index (χ0) is 22.0. The second-order valence-electron chi connectivity index (χ2n) is 7.18. The van der Waals surface area contributed by atoms with Gasteiger partial charge in [-0.1, -0.05) is 42.5 Å². The van der Waals surface area contributed by atoms with Crippen molar-refractivity contribution in [3.8, 4) is 0 Å². The molecule has 0 atom stereocenters. The van der Waals surface area contributed by atoms with E-state index < -0.39 is 9.84 Å². The third kappa shape index (κ3) is 9.69. The van der Waals surface area contributed by atoms with Crippen LogP contribution < -0.4 is 10.6 Å². The minimum Gasteiger partial charge on any atom is -0.356 e. The van der Waals surface area contributed by atoms with Crippen molar-refractivity contribution in [2.45, 2.75) is 18.7 Å². The molecule has 0 aliphatic rings. The van der Waals surface area contributed by atoms with Crippen molar-refractivity contribution in [1.29, 1.82) is 0 Å². The Hall–Kier alpha value is -2.14. The van der Waals surface area contributed by atoms with Gasteiger partial charge in [-0.2, -0.15) is 0 Å². The average Bonchev–Trinajstić information content (AvgIpc) is 2.73. The maximum atomic E-state index is 12.2. The number of amides is 1. The third-order valence-corrected chi connectivity index (χ3v) is 6.13. The van der Waals surface area contributed by atoms with Crippen molar-refractivity contribution >= 4 is 45.7 Å². The highest BCUT2D eigenvalue weighted by atomic mass is 127. The average molecular weight is 558 g/mol. The number of nitrogens with zero attached hydrogens (tertiary/aromatic N) is 2. The molecule has 0 unspecified atom stereocenters. The number of sulfone groups is 1. The molecular formula is C22H31IN4O3S. The molecule has 2 aromatic carbocycles. The molecule has 0 spiro atoms. The normalized spacial score (nSPS) is 11.4. The molecule has 2 rings (SSSR count). The van der Waals surface area contributed by atoms with Crippen LogP contribution in [0.15, 0.2) is 59.6 Å². The fraction of sp³-hybridized carbons (Fsp3) is 0.364. The van der Waals surface area contributed by atoms with E-state index in [0.717, 1.165) is 11.1 Å². The monoisotopic (exact) mass is 558 g/mol. The fourth-order valence-electron chi connectivity index (χ4n) is 2.83. The lowest BCUT2D eigenvalue weighted by atomic mass is 10.1. The molecule has 7 nitrogen and oxygen atoms in total. The number of carbonyl (C=O) groups is 1. The predicted molar refractivity (Wildman–Crippen MR) is 137 cm³/mol. The maximum Gasteiger partial charge on any atom is 0.253 e. The second kappa shape index (κ2) is 13.3. The van der Waals surface area contributed by atoms with Crippen LogP contribution in [0.4, 0.5) is 0 Å². The number of rotatable bonds is 9. The number of benzene rings is 2. The Bertz CT molecular complexity index is 946. The van der Waals surface area contributed by atoms with E-state index in [1.165, 1.54) is 0 Å². The third-order valence-electron chi connectivity index (χ3n) is 4.44. The molecule has 0 heterocycles. The first-order chi connectivity index (χ1) is 14.3. The molecule has 0 saturated heterocycles. The van der Waals surface area contributed by atoms with Crippen LogP contribution in [0.3, 0.4) is 0 Å². The quantitative estimate of drug-likeness (QED) is 0.214. The smallest absolute Gasteiger partial charge is 0.253 e. The van der Waals surface area contributed by atoms with Crippen LogP contribution in [-0.4, -0.2) is 58.6 Å². The summed E-state index contributed by atoms with van der Waals surface area (Å²) in [7, 11) is 1.97. The highest BCUT2D eigenvalue weighted by Crippen LogP contribution is 2.08. The predicted octanol–water partition coefficient (Wildman–Crippen LogP) is 2.68. The Balaban J connectivity index is 0.00000480. The van der Waals surface area contributed by atoms with Crippen LogP contribution in [0.5, 0.6) is 0 Å². The topological polar surface area (TPSA) is 90.9 Å². The van der Waals surface area contributed by atoms with E-state index in [2.05, 4.69) is 15.6 Å². The van der Waals surface area contributed by atoms with Crippen LogP contribution in [0, 0.1) is 0 Å². The van der Waals surface area contributed by atoms with Crippen molar-refractivity contribution in [2.75, 3.05) is 33.4 Å². The first-order valence-corrected chi connectivity index (χ1v) is 11.6. The summed E-state index contributed by atoms with van der Waals surface area (Å²) < 4.78 is 24.5. The number of nitrogens with one attached hydrogen (secondary N) is 2. The summed E-state index contributed by atoms with van der Waals surface area (Å²) in [5.74, 6) is 0.749. The van der Waals surface area contributed by atoms with Crippen molar-refractivity contribution in [3.63, 3.8) is 0 Å². The summed E-state index contributed by atoms with van der Waals surface area (Å²) in [6.45, 7) is 1.05. The standard InChI is InChI=1S/C22H30N4O3S.HI/c1-23-22(25-16-18-10-12-20(13-11-18)21(27)26(2)3)24-14-7-15-30(28,29)17-19-8-5-4-6-9-19;/h4-6,8-13H,7,14-17H2,1-3H3,(H2,23,24,25);1H. The zero-order valence-corrected chi connectivity index (χ0v) is 21.3. The van der Waals surface area contributed by atoms with Gasteiger partial charge in [-0.15, -0.1) is 24.0 Å². The number of carbonyl (C=O) groups excluding carboxylic acids is 1. The Morgan fingerprint density at radius 3 is 2.19 bits per heavy atom. The first kappa shape index (κ1) is 26.9. The van der Waals surface area contributed by atoms with E-state index in [4.69, 9.17) is 0 Å². The highest BCUT2D eigenvalue weighted by molar-refractivity contribution is 14.0. The van der Waals surface area contributed by atoms with Gasteiger partial charge in [0.25, 0.3) is 5.91 Å². The Kier molecular flexibility index (Phi) is 11.5. The first-order valence-electron chi connectivity index (χ1n) is 9.80. The summed E-state index contributed by atoms with van der Waals surface area (Å²) in [5.41, 5.74) is 2.46. The summed E-state index contributed by atoms with van der Waals surface area (Å²) in [5, 5.41) is 6.32. The molecule has 1 amide bonds. The maximum absolute atomic E-state index is 12.2. The van der Waals surface area contributed by atoms with Gasteiger partial charge in [-0.25, -0.2) is 8.42 Å². The van der Waals surface area contributed by atoms with Crippen molar-refractivity contribution in [3.05, 3.63) is 71.3 Å². The lowest BCUT2D eigenvalue weighted by Gasteiger charge is -2.13.